The molecular formula is C16H23FN2O. The Morgan fingerprint density at radius 3 is 3.00 bits per heavy atom. The molecule has 4 heteroatoms. The van der Waals surface area contributed by atoms with Crippen molar-refractivity contribution in [1.82, 2.24) is 10.6 Å². The Bertz CT molecular complexity index is 476. The summed E-state index contributed by atoms with van der Waals surface area (Å²) in [7, 11) is 0. The van der Waals surface area contributed by atoms with Crippen LogP contribution in [0.4, 0.5) is 4.39 Å². The van der Waals surface area contributed by atoms with Gasteiger partial charge in [-0.05, 0) is 68.8 Å². The first-order valence-corrected chi connectivity index (χ1v) is 7.36. The number of hydrogen-bond donors (Lipinski definition) is 2. The third-order valence-corrected chi connectivity index (χ3v) is 3.99. The Hall–Kier alpha value is -1.42. The molecule has 20 heavy (non-hydrogen) atoms. The highest BCUT2D eigenvalue weighted by atomic mass is 19.1. The Labute approximate surface area is 120 Å². The number of piperidine rings is 1. The highest BCUT2D eigenvalue weighted by Crippen LogP contribution is 2.23. The maximum atomic E-state index is 13.1. The van der Waals surface area contributed by atoms with Crippen molar-refractivity contribution < 1.29 is 9.18 Å². The van der Waals surface area contributed by atoms with Crippen molar-refractivity contribution in [2.75, 3.05) is 13.1 Å². The lowest BCUT2D eigenvalue weighted by Gasteiger charge is -2.30. The Balaban J connectivity index is 1.97. The van der Waals surface area contributed by atoms with Crippen LogP contribution in [-0.2, 0) is 11.2 Å². The van der Waals surface area contributed by atoms with Crippen molar-refractivity contribution >= 4 is 5.91 Å². The molecule has 2 unspecified atom stereocenters. The van der Waals surface area contributed by atoms with Crippen LogP contribution in [-0.4, -0.2) is 25.0 Å². The van der Waals surface area contributed by atoms with Gasteiger partial charge in [-0.2, -0.15) is 0 Å². The summed E-state index contributed by atoms with van der Waals surface area (Å²) in [6, 6.07) is 4.88. The molecule has 0 radical (unpaired) electrons. The van der Waals surface area contributed by atoms with E-state index in [4.69, 9.17) is 0 Å². The molecule has 1 fully saturated rings. The van der Waals surface area contributed by atoms with E-state index in [0.29, 0.717) is 12.5 Å². The van der Waals surface area contributed by atoms with Gasteiger partial charge < -0.3 is 10.6 Å². The second-order valence-corrected chi connectivity index (χ2v) is 5.57. The van der Waals surface area contributed by atoms with E-state index in [-0.39, 0.29) is 17.8 Å². The molecule has 1 aliphatic rings. The Kier molecular flexibility index (Phi) is 5.12. The van der Waals surface area contributed by atoms with E-state index in [9.17, 15) is 9.18 Å². The smallest absolute Gasteiger partial charge is 0.237 e. The molecule has 2 rings (SSSR count). The number of halogens is 1. The van der Waals surface area contributed by atoms with Gasteiger partial charge in [0, 0.05) is 6.54 Å². The molecule has 1 saturated heterocycles. The zero-order valence-corrected chi connectivity index (χ0v) is 12.2. The second-order valence-electron chi connectivity index (χ2n) is 5.57. The lowest BCUT2D eigenvalue weighted by Crippen LogP contribution is -2.49. The fourth-order valence-electron chi connectivity index (χ4n) is 2.88. The highest BCUT2D eigenvalue weighted by molar-refractivity contribution is 5.81. The molecule has 2 N–H and O–H groups in total. The summed E-state index contributed by atoms with van der Waals surface area (Å²) in [6.45, 7) is 5.41. The van der Waals surface area contributed by atoms with E-state index in [2.05, 4.69) is 10.6 Å². The van der Waals surface area contributed by atoms with Crippen LogP contribution in [0.3, 0.4) is 0 Å². The maximum absolute atomic E-state index is 13.1. The number of likely N-dealkylation sites (N-methyl/N-ethyl adjacent to an activating group) is 1. The molecule has 0 aliphatic carbocycles. The van der Waals surface area contributed by atoms with Gasteiger partial charge >= 0.3 is 0 Å². The Morgan fingerprint density at radius 1 is 1.50 bits per heavy atom. The SMILES string of the molecule is CCNC(=O)C1CC(Cc2ccc(F)cc2C)CCN1. The van der Waals surface area contributed by atoms with Gasteiger partial charge in [-0.25, -0.2) is 4.39 Å². The quantitative estimate of drug-likeness (QED) is 0.886. The van der Waals surface area contributed by atoms with Crippen molar-refractivity contribution in [2.24, 2.45) is 5.92 Å². The number of aryl methyl sites for hydroxylation is 1. The summed E-state index contributed by atoms with van der Waals surface area (Å²) in [6.07, 6.45) is 2.83. The summed E-state index contributed by atoms with van der Waals surface area (Å²) in [5.74, 6) is 0.387. The minimum absolute atomic E-state index is 0.0885. The molecule has 1 aromatic rings. The maximum Gasteiger partial charge on any atom is 0.237 e. The number of rotatable bonds is 4. The van der Waals surface area contributed by atoms with E-state index in [1.165, 1.54) is 11.6 Å². The number of carbonyl (C=O) groups is 1. The van der Waals surface area contributed by atoms with Crippen LogP contribution in [0.25, 0.3) is 0 Å². The molecule has 1 amide bonds. The first-order valence-electron chi connectivity index (χ1n) is 7.36. The van der Waals surface area contributed by atoms with Gasteiger partial charge in [-0.15, -0.1) is 0 Å². The number of benzene rings is 1. The molecule has 2 atom stereocenters. The van der Waals surface area contributed by atoms with Gasteiger partial charge in [0.25, 0.3) is 0 Å². The predicted octanol–water partition coefficient (Wildman–Crippen LogP) is 2.18. The summed E-state index contributed by atoms with van der Waals surface area (Å²) in [4.78, 5) is 11.9. The predicted molar refractivity (Wildman–Crippen MR) is 78.0 cm³/mol. The van der Waals surface area contributed by atoms with E-state index in [1.54, 1.807) is 6.07 Å². The average molecular weight is 278 g/mol. The number of nitrogens with one attached hydrogen (secondary N) is 2. The number of hydrogen-bond acceptors (Lipinski definition) is 2. The zero-order valence-electron chi connectivity index (χ0n) is 12.2. The van der Waals surface area contributed by atoms with Crippen LogP contribution in [0.5, 0.6) is 0 Å². The minimum atomic E-state index is -0.184. The summed E-state index contributed by atoms with van der Waals surface area (Å²) in [5.41, 5.74) is 2.19. The second kappa shape index (κ2) is 6.84. The molecule has 1 aromatic carbocycles. The van der Waals surface area contributed by atoms with Crippen molar-refractivity contribution in [2.45, 2.75) is 39.2 Å². The van der Waals surface area contributed by atoms with Crippen molar-refractivity contribution in [3.8, 4) is 0 Å². The van der Waals surface area contributed by atoms with Gasteiger partial charge in [-0.1, -0.05) is 6.07 Å². The summed E-state index contributed by atoms with van der Waals surface area (Å²) in [5, 5.41) is 6.14. The Morgan fingerprint density at radius 2 is 2.30 bits per heavy atom. The topological polar surface area (TPSA) is 41.1 Å². The van der Waals surface area contributed by atoms with Gasteiger partial charge in [0.05, 0.1) is 6.04 Å². The van der Waals surface area contributed by atoms with Crippen molar-refractivity contribution in [3.05, 3.63) is 35.1 Å². The minimum Gasteiger partial charge on any atom is -0.355 e. The van der Waals surface area contributed by atoms with Crippen LogP contribution < -0.4 is 10.6 Å². The standard InChI is InChI=1S/C16H23FN2O/c1-3-18-16(20)15-10-12(6-7-19-15)9-13-4-5-14(17)8-11(13)2/h4-5,8,12,15,19H,3,6-7,9-10H2,1-2H3,(H,18,20). The van der Waals surface area contributed by atoms with E-state index in [1.807, 2.05) is 19.9 Å². The van der Waals surface area contributed by atoms with Crippen LogP contribution in [0.1, 0.15) is 30.9 Å². The molecule has 3 nitrogen and oxygen atoms in total. The number of amides is 1. The van der Waals surface area contributed by atoms with Crippen LogP contribution >= 0.6 is 0 Å². The van der Waals surface area contributed by atoms with E-state index < -0.39 is 0 Å². The average Bonchev–Trinajstić information content (AvgIpc) is 2.43. The lowest BCUT2D eigenvalue weighted by atomic mass is 9.85. The van der Waals surface area contributed by atoms with Crippen LogP contribution in [0.15, 0.2) is 18.2 Å². The van der Waals surface area contributed by atoms with Gasteiger partial charge in [0.1, 0.15) is 5.82 Å². The molecular weight excluding hydrogens is 255 g/mol. The first kappa shape index (κ1) is 15.0. The van der Waals surface area contributed by atoms with E-state index >= 15 is 0 Å². The summed E-state index contributed by atoms with van der Waals surface area (Å²) >= 11 is 0. The summed E-state index contributed by atoms with van der Waals surface area (Å²) < 4.78 is 13.1. The van der Waals surface area contributed by atoms with Gasteiger partial charge in [-0.3, -0.25) is 4.79 Å². The fourth-order valence-corrected chi connectivity index (χ4v) is 2.88. The monoisotopic (exact) mass is 278 g/mol. The molecule has 0 spiro atoms. The molecule has 1 heterocycles. The fraction of sp³-hybridized carbons (Fsp3) is 0.562. The normalized spacial score (nSPS) is 22.6. The third-order valence-electron chi connectivity index (χ3n) is 3.99. The first-order chi connectivity index (χ1) is 9.60. The van der Waals surface area contributed by atoms with E-state index in [0.717, 1.165) is 31.4 Å². The molecule has 0 aromatic heterocycles. The molecule has 0 saturated carbocycles. The third kappa shape index (κ3) is 3.79. The van der Waals surface area contributed by atoms with Gasteiger partial charge in [0.2, 0.25) is 5.91 Å². The largest absolute Gasteiger partial charge is 0.355 e. The van der Waals surface area contributed by atoms with Crippen molar-refractivity contribution in [1.29, 1.82) is 0 Å². The number of carbonyl (C=O) groups excluding carboxylic acids is 1. The highest BCUT2D eigenvalue weighted by Gasteiger charge is 2.26. The van der Waals surface area contributed by atoms with Crippen LogP contribution in [0.2, 0.25) is 0 Å². The molecule has 1 aliphatic heterocycles. The molecule has 110 valence electrons. The van der Waals surface area contributed by atoms with Crippen molar-refractivity contribution in [3.63, 3.8) is 0 Å². The van der Waals surface area contributed by atoms with Crippen LogP contribution in [0, 0.1) is 18.7 Å². The zero-order chi connectivity index (χ0) is 14.5. The lowest BCUT2D eigenvalue weighted by molar-refractivity contribution is -0.123. The van der Waals surface area contributed by atoms with Gasteiger partial charge in [0.15, 0.2) is 0 Å². The molecule has 0 bridgehead atoms.